The van der Waals surface area contributed by atoms with E-state index in [-0.39, 0.29) is 12.8 Å². The van der Waals surface area contributed by atoms with Gasteiger partial charge in [0.1, 0.15) is 18.1 Å². The third kappa shape index (κ3) is 8.62. The Kier molecular flexibility index (Phi) is 9.09. The molecule has 12 nitrogen and oxygen atoms in total. The molecule has 0 fully saturated rings. The van der Waals surface area contributed by atoms with Crippen LogP contribution in [0.25, 0.3) is 0 Å². The number of carboxylic acid groups (broad SMARTS) is 1. The number of hydrogen-bond donors (Lipinski definition) is 7. The van der Waals surface area contributed by atoms with Gasteiger partial charge in [-0.25, -0.2) is 4.79 Å². The Morgan fingerprint density at radius 2 is 1.48 bits per heavy atom. The minimum absolute atomic E-state index is 0.234. The predicted molar refractivity (Wildman–Crippen MR) is 83.4 cm³/mol. The lowest BCUT2D eigenvalue weighted by molar-refractivity contribution is -0.143. The van der Waals surface area contributed by atoms with Crippen molar-refractivity contribution in [2.45, 2.75) is 50.4 Å². The first-order valence-electron chi connectivity index (χ1n) is 7.29. The van der Waals surface area contributed by atoms with Crippen LogP contribution < -0.4 is 27.8 Å². The number of carbonyl (C=O) groups is 5. The van der Waals surface area contributed by atoms with E-state index in [0.29, 0.717) is 0 Å². The quantitative estimate of drug-likeness (QED) is 0.191. The molecule has 0 aromatic heterocycles. The molecule has 0 spiro atoms. The van der Waals surface area contributed by atoms with Gasteiger partial charge < -0.3 is 38.0 Å². The van der Waals surface area contributed by atoms with Gasteiger partial charge in [0.2, 0.25) is 23.6 Å². The number of carbonyl (C=O) groups excluding carboxylic acids is 4. The van der Waals surface area contributed by atoms with E-state index in [1.165, 1.54) is 6.92 Å². The highest BCUT2D eigenvalue weighted by atomic mass is 16.4. The lowest BCUT2D eigenvalue weighted by Gasteiger charge is -2.23. The first kappa shape index (κ1) is 22.3. The summed E-state index contributed by atoms with van der Waals surface area (Å²) in [6.07, 6.45) is -2.38. The predicted octanol–water partition coefficient (Wildman–Crippen LogP) is -4.11. The van der Waals surface area contributed by atoms with E-state index in [0.717, 1.165) is 0 Å². The summed E-state index contributed by atoms with van der Waals surface area (Å²) in [7, 11) is 0. The molecule has 0 heterocycles. The standard InChI is InChI=1S/C13H23N5O7/c1-5(19)10(16)12(23)17-6(2-3-8(14)20)11(22)18-7(13(24)25)4-9(15)21/h5-7,10,19H,2-4,16H2,1H3,(H2,14,20)(H2,15,21)(H,17,23)(H,18,22)(H,24,25). The number of amides is 4. The molecule has 0 bridgehead atoms. The average Bonchev–Trinajstić information content (AvgIpc) is 2.48. The summed E-state index contributed by atoms with van der Waals surface area (Å²) < 4.78 is 0. The second kappa shape index (κ2) is 10.2. The van der Waals surface area contributed by atoms with Gasteiger partial charge in [-0.05, 0) is 13.3 Å². The number of carboxylic acids is 1. The van der Waals surface area contributed by atoms with Gasteiger partial charge in [0, 0.05) is 6.42 Å². The largest absolute Gasteiger partial charge is 0.480 e. The highest BCUT2D eigenvalue weighted by molar-refractivity contribution is 5.93. The van der Waals surface area contributed by atoms with Crippen LogP contribution in [-0.4, -0.2) is 64.0 Å². The molecule has 0 saturated heterocycles. The highest BCUT2D eigenvalue weighted by Crippen LogP contribution is 2.02. The summed E-state index contributed by atoms with van der Waals surface area (Å²) in [5, 5.41) is 22.5. The Morgan fingerprint density at radius 3 is 1.88 bits per heavy atom. The van der Waals surface area contributed by atoms with Gasteiger partial charge in [-0.1, -0.05) is 0 Å². The summed E-state index contributed by atoms with van der Waals surface area (Å²) in [5.74, 6) is -5.07. The fourth-order valence-corrected chi connectivity index (χ4v) is 1.72. The van der Waals surface area contributed by atoms with Crippen LogP contribution in [0.1, 0.15) is 26.2 Å². The Balaban J connectivity index is 5.13. The molecule has 0 radical (unpaired) electrons. The molecule has 0 aliphatic heterocycles. The lowest BCUT2D eigenvalue weighted by atomic mass is 10.1. The normalized spacial score (nSPS) is 15.3. The maximum absolute atomic E-state index is 12.2. The number of nitrogens with two attached hydrogens (primary N) is 3. The third-order valence-electron chi connectivity index (χ3n) is 3.15. The van der Waals surface area contributed by atoms with Crippen molar-refractivity contribution in [3.63, 3.8) is 0 Å². The molecule has 0 rings (SSSR count). The maximum Gasteiger partial charge on any atom is 0.326 e. The molecule has 25 heavy (non-hydrogen) atoms. The number of hydrogen-bond acceptors (Lipinski definition) is 7. The van der Waals surface area contributed by atoms with E-state index in [1.54, 1.807) is 0 Å². The molecule has 0 aromatic rings. The van der Waals surface area contributed by atoms with Crippen molar-refractivity contribution in [1.29, 1.82) is 0 Å². The van der Waals surface area contributed by atoms with E-state index < -0.39 is 60.2 Å². The average molecular weight is 361 g/mol. The lowest BCUT2D eigenvalue weighted by Crippen LogP contribution is -2.56. The molecular formula is C13H23N5O7. The van der Waals surface area contributed by atoms with Crippen LogP contribution in [0.5, 0.6) is 0 Å². The van der Waals surface area contributed by atoms with E-state index in [4.69, 9.17) is 22.3 Å². The number of nitrogens with one attached hydrogen (secondary N) is 2. The van der Waals surface area contributed by atoms with Crippen LogP contribution in [0.4, 0.5) is 0 Å². The summed E-state index contributed by atoms with van der Waals surface area (Å²) in [5.41, 5.74) is 15.3. The van der Waals surface area contributed by atoms with Gasteiger partial charge in [-0.15, -0.1) is 0 Å². The molecule has 0 saturated carbocycles. The van der Waals surface area contributed by atoms with Crippen molar-refractivity contribution >= 4 is 29.6 Å². The fourth-order valence-electron chi connectivity index (χ4n) is 1.72. The third-order valence-corrected chi connectivity index (χ3v) is 3.15. The van der Waals surface area contributed by atoms with Gasteiger partial charge in [0.25, 0.3) is 0 Å². The van der Waals surface area contributed by atoms with Crippen molar-refractivity contribution < 1.29 is 34.2 Å². The zero-order chi connectivity index (χ0) is 19.7. The molecule has 10 N–H and O–H groups in total. The van der Waals surface area contributed by atoms with Crippen molar-refractivity contribution in [1.82, 2.24) is 10.6 Å². The number of primary amides is 2. The Morgan fingerprint density at radius 1 is 0.960 bits per heavy atom. The smallest absolute Gasteiger partial charge is 0.326 e. The summed E-state index contributed by atoms with van der Waals surface area (Å²) in [4.78, 5) is 56.8. The first-order valence-corrected chi connectivity index (χ1v) is 7.29. The van der Waals surface area contributed by atoms with Crippen LogP contribution in [0, 0.1) is 0 Å². The second-order valence-electron chi connectivity index (χ2n) is 5.40. The van der Waals surface area contributed by atoms with Crippen LogP contribution in [0.3, 0.4) is 0 Å². The molecule has 0 aromatic carbocycles. The van der Waals surface area contributed by atoms with Crippen LogP contribution in [0.15, 0.2) is 0 Å². The Hall–Kier alpha value is -2.73. The molecule has 0 aliphatic carbocycles. The summed E-state index contributed by atoms with van der Waals surface area (Å²) >= 11 is 0. The maximum atomic E-state index is 12.2. The molecule has 142 valence electrons. The SMILES string of the molecule is CC(O)C(N)C(=O)NC(CCC(N)=O)C(=O)NC(CC(N)=O)C(=O)O. The van der Waals surface area contributed by atoms with E-state index in [2.05, 4.69) is 5.32 Å². The van der Waals surface area contributed by atoms with Crippen molar-refractivity contribution in [3.05, 3.63) is 0 Å². The number of aliphatic hydroxyl groups is 1. The Labute approximate surface area is 143 Å². The van der Waals surface area contributed by atoms with Crippen molar-refractivity contribution in [3.8, 4) is 0 Å². The molecular weight excluding hydrogens is 338 g/mol. The molecule has 4 amide bonds. The minimum Gasteiger partial charge on any atom is -0.480 e. The van der Waals surface area contributed by atoms with Crippen LogP contribution in [0.2, 0.25) is 0 Å². The Bertz CT molecular complexity index is 537. The first-order chi connectivity index (χ1) is 11.5. The zero-order valence-electron chi connectivity index (χ0n) is 13.6. The molecule has 12 heteroatoms. The zero-order valence-corrected chi connectivity index (χ0v) is 13.6. The van der Waals surface area contributed by atoms with Gasteiger partial charge >= 0.3 is 5.97 Å². The van der Waals surface area contributed by atoms with Crippen LogP contribution >= 0.6 is 0 Å². The van der Waals surface area contributed by atoms with Crippen LogP contribution in [-0.2, 0) is 24.0 Å². The van der Waals surface area contributed by atoms with Gasteiger partial charge in [0.05, 0.1) is 12.5 Å². The highest BCUT2D eigenvalue weighted by Gasteiger charge is 2.29. The van der Waals surface area contributed by atoms with Crippen molar-refractivity contribution in [2.24, 2.45) is 17.2 Å². The summed E-state index contributed by atoms with van der Waals surface area (Å²) in [6.45, 7) is 1.26. The monoisotopic (exact) mass is 361 g/mol. The number of aliphatic carboxylic acids is 1. The van der Waals surface area contributed by atoms with E-state index in [1.807, 2.05) is 5.32 Å². The minimum atomic E-state index is -1.61. The molecule has 0 aliphatic rings. The topological polar surface area (TPSA) is 228 Å². The summed E-state index contributed by atoms with van der Waals surface area (Å²) in [6, 6.07) is -4.30. The van der Waals surface area contributed by atoms with Gasteiger partial charge in [0.15, 0.2) is 0 Å². The second-order valence-corrected chi connectivity index (χ2v) is 5.40. The van der Waals surface area contributed by atoms with Gasteiger partial charge in [-0.2, -0.15) is 0 Å². The molecule has 4 atom stereocenters. The number of rotatable bonds is 11. The van der Waals surface area contributed by atoms with Gasteiger partial charge in [-0.3, -0.25) is 19.2 Å². The van der Waals surface area contributed by atoms with Crippen molar-refractivity contribution in [2.75, 3.05) is 0 Å². The van der Waals surface area contributed by atoms with E-state index in [9.17, 15) is 29.1 Å². The fraction of sp³-hybridized carbons (Fsp3) is 0.615. The molecule has 4 unspecified atom stereocenters. The number of aliphatic hydroxyl groups excluding tert-OH is 1. The van der Waals surface area contributed by atoms with E-state index >= 15 is 0 Å².